The number of hydrogen-bond acceptors (Lipinski definition) is 6. The highest BCUT2D eigenvalue weighted by molar-refractivity contribution is 5.97. The van der Waals surface area contributed by atoms with Crippen molar-refractivity contribution in [1.82, 2.24) is 24.3 Å². The average Bonchev–Trinajstić information content (AvgIpc) is 3.41. The third-order valence-electron chi connectivity index (χ3n) is 5.62. The van der Waals surface area contributed by atoms with Crippen LogP contribution in [-0.2, 0) is 4.74 Å². The van der Waals surface area contributed by atoms with E-state index in [9.17, 15) is 4.39 Å². The van der Waals surface area contributed by atoms with Crippen LogP contribution < -0.4 is 10.1 Å². The van der Waals surface area contributed by atoms with E-state index < -0.39 is 12.9 Å². The van der Waals surface area contributed by atoms with Crippen LogP contribution in [0.4, 0.5) is 10.3 Å². The van der Waals surface area contributed by atoms with Crippen molar-refractivity contribution in [2.24, 2.45) is 0 Å². The average molecular weight is 413 g/mol. The molecule has 4 aromatic heterocycles. The van der Waals surface area contributed by atoms with E-state index in [2.05, 4.69) is 25.3 Å². The molecule has 1 aliphatic carbocycles. The number of pyridine rings is 1. The molecule has 9 heteroatoms. The Bertz CT molecular complexity index is 1300. The molecule has 30 heavy (non-hydrogen) atoms. The summed E-state index contributed by atoms with van der Waals surface area (Å²) in [6, 6.07) is 1.52. The molecule has 0 radical (unpaired) electrons. The van der Waals surface area contributed by atoms with Crippen molar-refractivity contribution in [2.45, 2.75) is 37.8 Å². The van der Waals surface area contributed by atoms with Crippen molar-refractivity contribution in [3.8, 4) is 17.0 Å². The number of halogens is 1. The number of fused-ring (bicyclic) bond motifs is 2. The van der Waals surface area contributed by atoms with Crippen molar-refractivity contribution in [2.75, 3.05) is 19.5 Å². The molecule has 0 aliphatic heterocycles. The van der Waals surface area contributed by atoms with Crippen molar-refractivity contribution >= 4 is 22.6 Å². The fourth-order valence-corrected chi connectivity index (χ4v) is 4.09. The van der Waals surface area contributed by atoms with Gasteiger partial charge >= 0.3 is 0 Å². The Morgan fingerprint density at radius 2 is 2.17 bits per heavy atom. The van der Waals surface area contributed by atoms with Gasteiger partial charge in [-0.15, -0.1) is 0 Å². The Morgan fingerprint density at radius 3 is 2.97 bits per heavy atom. The summed E-state index contributed by atoms with van der Waals surface area (Å²) in [5.74, 6) is 0.344. The van der Waals surface area contributed by atoms with Crippen molar-refractivity contribution in [1.29, 1.82) is 0 Å². The molecule has 4 heterocycles. The fourth-order valence-electron chi connectivity index (χ4n) is 4.09. The van der Waals surface area contributed by atoms with E-state index in [-0.39, 0.29) is 17.8 Å². The van der Waals surface area contributed by atoms with Crippen molar-refractivity contribution in [3.63, 3.8) is 0 Å². The number of nitrogens with zero attached hydrogens (tertiary/aromatic N) is 4. The lowest BCUT2D eigenvalue weighted by molar-refractivity contribution is 0.0681. The number of aromatic amines is 1. The summed E-state index contributed by atoms with van der Waals surface area (Å²) in [4.78, 5) is 16.3. The fraction of sp³-hybridized carbons (Fsp3) is 0.381. The first-order valence-electron chi connectivity index (χ1n) is 11.3. The molecular weight excluding hydrogens is 387 g/mol. The van der Waals surface area contributed by atoms with Gasteiger partial charge in [-0.3, -0.25) is 0 Å². The van der Waals surface area contributed by atoms with E-state index in [1.807, 2.05) is 0 Å². The van der Waals surface area contributed by atoms with E-state index in [0.717, 1.165) is 12.8 Å². The van der Waals surface area contributed by atoms with Gasteiger partial charge in [0, 0.05) is 49.0 Å². The summed E-state index contributed by atoms with van der Waals surface area (Å²) < 4.78 is 48.6. The lowest BCUT2D eigenvalue weighted by atomic mass is 9.93. The molecule has 4 aromatic rings. The summed E-state index contributed by atoms with van der Waals surface area (Å²) in [7, 11) is -0.845. The Balaban J connectivity index is 1.39. The Morgan fingerprint density at radius 1 is 1.30 bits per heavy atom. The zero-order chi connectivity index (χ0) is 23.2. The number of aromatic nitrogens is 5. The molecule has 5 rings (SSSR count). The minimum atomic E-state index is -2.37. The minimum absolute atomic E-state index is 0.0933. The maximum absolute atomic E-state index is 14.5. The molecule has 8 nitrogen and oxygen atoms in total. The summed E-state index contributed by atoms with van der Waals surface area (Å²) in [6.45, 7) is 0. The predicted molar refractivity (Wildman–Crippen MR) is 111 cm³/mol. The molecule has 1 saturated carbocycles. The lowest BCUT2D eigenvalue weighted by Crippen LogP contribution is -2.29. The third-order valence-corrected chi connectivity index (χ3v) is 5.62. The summed E-state index contributed by atoms with van der Waals surface area (Å²) in [5.41, 5.74) is 2.17. The summed E-state index contributed by atoms with van der Waals surface area (Å²) >= 11 is 0. The topological polar surface area (TPSA) is 89.4 Å². The van der Waals surface area contributed by atoms with Gasteiger partial charge in [0.2, 0.25) is 11.8 Å². The van der Waals surface area contributed by atoms with Crippen molar-refractivity contribution < 1.29 is 18.0 Å². The molecule has 0 spiro atoms. The van der Waals surface area contributed by atoms with Gasteiger partial charge in [-0.2, -0.15) is 9.97 Å². The summed E-state index contributed by atoms with van der Waals surface area (Å²) in [6.07, 6.45) is 9.27. The van der Waals surface area contributed by atoms with Gasteiger partial charge in [-0.1, -0.05) is 0 Å². The lowest BCUT2D eigenvalue weighted by Gasteiger charge is -2.28. The van der Waals surface area contributed by atoms with Gasteiger partial charge in [0.25, 0.3) is 0 Å². The molecule has 0 amide bonds. The van der Waals surface area contributed by atoms with Gasteiger partial charge < -0.3 is 24.2 Å². The van der Waals surface area contributed by atoms with Gasteiger partial charge in [0.05, 0.1) is 22.7 Å². The maximum atomic E-state index is 14.5. The van der Waals surface area contributed by atoms with Crippen LogP contribution in [0.5, 0.6) is 5.88 Å². The molecule has 0 bridgehead atoms. The number of methoxy groups -OCH3 is 2. The maximum Gasteiger partial charge on any atom is 0.228 e. The zero-order valence-corrected chi connectivity index (χ0v) is 16.4. The molecule has 0 unspecified atom stereocenters. The van der Waals surface area contributed by atoms with E-state index in [1.54, 1.807) is 29.2 Å². The third kappa shape index (κ3) is 3.24. The van der Waals surface area contributed by atoms with Crippen molar-refractivity contribution in [3.05, 3.63) is 36.7 Å². The number of nitrogens with one attached hydrogen (secondary N) is 2. The number of imidazole rings is 1. The monoisotopic (exact) mass is 413 g/mol. The van der Waals surface area contributed by atoms with Gasteiger partial charge in [-0.25, -0.2) is 9.37 Å². The van der Waals surface area contributed by atoms with E-state index in [0.29, 0.717) is 46.8 Å². The normalized spacial score (nSPS) is 21.3. The molecular formula is C21H23FN6O2. The van der Waals surface area contributed by atoms with Crippen LogP contribution in [0.2, 0.25) is 0 Å². The van der Waals surface area contributed by atoms with Crippen LogP contribution in [0.1, 0.15) is 29.8 Å². The van der Waals surface area contributed by atoms with Crippen LogP contribution in [-0.4, -0.2) is 50.6 Å². The largest absolute Gasteiger partial charge is 0.480 e. The highest BCUT2D eigenvalue weighted by atomic mass is 19.1. The van der Waals surface area contributed by atoms with E-state index in [1.165, 1.54) is 13.2 Å². The standard InChI is InChI=1S/C21H23FN6O2/c1-29-14-5-3-13(4-6-14)25-21-26-18-17(20(27-21)30-2)15(10-24-18)12-9-16(22)19-23-7-8-28(19)11-12/h7-11,13-14H,3-6H2,1-2H3,(H2,24,25,26,27)/t13-,14-/i1D3. The first kappa shape index (κ1) is 15.6. The molecule has 1 fully saturated rings. The summed E-state index contributed by atoms with van der Waals surface area (Å²) in [5, 5.41) is 3.97. The highest BCUT2D eigenvalue weighted by Crippen LogP contribution is 2.35. The van der Waals surface area contributed by atoms with Gasteiger partial charge in [-0.05, 0) is 31.7 Å². The Kier molecular flexibility index (Phi) is 3.94. The zero-order valence-electron chi connectivity index (χ0n) is 19.4. The molecule has 2 N–H and O–H groups in total. The Hall–Kier alpha value is -3.20. The van der Waals surface area contributed by atoms with Crippen LogP contribution in [0.3, 0.4) is 0 Å². The van der Waals surface area contributed by atoms with Gasteiger partial charge in [0.1, 0.15) is 5.65 Å². The first-order chi connectivity index (χ1) is 15.8. The number of rotatable bonds is 5. The Labute approximate surface area is 176 Å². The van der Waals surface area contributed by atoms with Crippen LogP contribution >= 0.6 is 0 Å². The second-order valence-corrected chi connectivity index (χ2v) is 7.45. The molecule has 0 atom stereocenters. The minimum Gasteiger partial charge on any atom is -0.480 e. The van der Waals surface area contributed by atoms with E-state index >= 15 is 0 Å². The molecule has 0 aromatic carbocycles. The van der Waals surface area contributed by atoms with E-state index in [4.69, 9.17) is 13.6 Å². The number of hydrogen-bond donors (Lipinski definition) is 2. The predicted octanol–water partition coefficient (Wildman–Crippen LogP) is 3.79. The number of anilines is 1. The second kappa shape index (κ2) is 7.56. The second-order valence-electron chi connectivity index (χ2n) is 7.45. The highest BCUT2D eigenvalue weighted by Gasteiger charge is 2.23. The smallest absolute Gasteiger partial charge is 0.228 e. The van der Waals surface area contributed by atoms with Crippen LogP contribution in [0.25, 0.3) is 27.8 Å². The SMILES string of the molecule is [2H]C([2H])([2H])O[C@H]1CC[C@H](Nc2nc(OC)c3c(-c4cc(F)c5nccn5c4)c[nH]c3n2)CC1. The first-order valence-corrected chi connectivity index (χ1v) is 9.81. The van der Waals surface area contributed by atoms with Crippen LogP contribution in [0.15, 0.2) is 30.9 Å². The number of ether oxygens (including phenoxy) is 2. The van der Waals surface area contributed by atoms with Crippen LogP contribution in [0, 0.1) is 5.82 Å². The molecule has 156 valence electrons. The quantitative estimate of drug-likeness (QED) is 0.517. The number of H-pyrrole nitrogens is 1. The van der Waals surface area contributed by atoms with Gasteiger partial charge in [0.15, 0.2) is 11.5 Å². The molecule has 0 saturated heterocycles. The molecule has 1 aliphatic rings.